The second-order valence-electron chi connectivity index (χ2n) is 11.6. The Balaban J connectivity index is 1.59. The van der Waals surface area contributed by atoms with Crippen LogP contribution in [0.25, 0.3) is 0 Å². The van der Waals surface area contributed by atoms with Gasteiger partial charge >= 0.3 is 5.97 Å². The predicted molar refractivity (Wildman–Crippen MR) is 148 cm³/mol. The van der Waals surface area contributed by atoms with Gasteiger partial charge in [-0.1, -0.05) is 63.2 Å². The molecule has 38 heavy (non-hydrogen) atoms. The largest absolute Gasteiger partial charge is 0.483 e. The van der Waals surface area contributed by atoms with Crippen molar-refractivity contribution in [2.75, 3.05) is 11.9 Å². The van der Waals surface area contributed by atoms with Gasteiger partial charge in [-0.05, 0) is 67.1 Å². The van der Waals surface area contributed by atoms with Crippen LogP contribution in [0.2, 0.25) is 0 Å². The van der Waals surface area contributed by atoms with E-state index in [4.69, 9.17) is 14.2 Å². The molecule has 4 rings (SSSR count). The van der Waals surface area contributed by atoms with Crippen molar-refractivity contribution in [1.82, 2.24) is 0 Å². The molecule has 2 unspecified atom stereocenters. The van der Waals surface area contributed by atoms with E-state index in [1.165, 1.54) is 17.7 Å². The number of halogens is 1. The van der Waals surface area contributed by atoms with E-state index in [2.05, 4.69) is 17.4 Å². The maximum absolute atomic E-state index is 13.3. The lowest BCUT2D eigenvalue weighted by Gasteiger charge is -2.44. The normalized spacial score (nSPS) is 18.3. The summed E-state index contributed by atoms with van der Waals surface area (Å²) in [4.78, 5) is 12.9. The van der Waals surface area contributed by atoms with Crippen LogP contribution in [0.15, 0.2) is 72.8 Å². The fourth-order valence-electron chi connectivity index (χ4n) is 4.59. The first-order valence-corrected chi connectivity index (χ1v) is 13.2. The van der Waals surface area contributed by atoms with Crippen molar-refractivity contribution < 1.29 is 23.4 Å². The summed E-state index contributed by atoms with van der Waals surface area (Å²) in [6.45, 7) is 10.9. The molecular formula is C32H38FNO4. The molecule has 0 radical (unpaired) electrons. The highest BCUT2D eigenvalue weighted by molar-refractivity contribution is 5.70. The van der Waals surface area contributed by atoms with Gasteiger partial charge in [0.25, 0.3) is 0 Å². The topological polar surface area (TPSA) is 56.8 Å². The van der Waals surface area contributed by atoms with E-state index in [1.54, 1.807) is 12.1 Å². The Morgan fingerprint density at radius 3 is 2.39 bits per heavy atom. The summed E-state index contributed by atoms with van der Waals surface area (Å²) in [6.07, 6.45) is -0.108. The number of anilines is 1. The fourth-order valence-corrected chi connectivity index (χ4v) is 4.59. The molecule has 3 aromatic carbocycles. The molecule has 202 valence electrons. The minimum atomic E-state index is -0.791. The lowest BCUT2D eigenvalue weighted by atomic mass is 9.87. The number of rotatable bonds is 9. The summed E-state index contributed by atoms with van der Waals surface area (Å²) < 4.78 is 32.2. The monoisotopic (exact) mass is 519 g/mol. The number of fused-ring (bicyclic) bond motifs is 1. The van der Waals surface area contributed by atoms with Gasteiger partial charge in [0.2, 0.25) is 0 Å². The van der Waals surface area contributed by atoms with Crippen LogP contribution in [0.4, 0.5) is 10.1 Å². The maximum atomic E-state index is 13.3. The first-order valence-electron chi connectivity index (χ1n) is 13.2. The first-order chi connectivity index (χ1) is 18.0. The number of nitrogens with one attached hydrogen (secondary N) is 1. The van der Waals surface area contributed by atoms with Crippen LogP contribution in [-0.2, 0) is 27.2 Å². The summed E-state index contributed by atoms with van der Waals surface area (Å²) in [5.41, 5.74) is 2.85. The molecule has 3 aromatic rings. The van der Waals surface area contributed by atoms with E-state index in [1.807, 2.05) is 71.0 Å². The summed E-state index contributed by atoms with van der Waals surface area (Å²) in [7, 11) is 0. The van der Waals surface area contributed by atoms with Gasteiger partial charge in [-0.3, -0.25) is 4.79 Å². The standard InChI is InChI=1S/C32H38FNO4/c1-31(2,3)20-28(35)37-30-29(36-18-17-22-9-7-6-8-10-22)26-19-25(15-16-27(26)38-32(30,4)5)34-21-23-11-13-24(33)14-12-23/h6-16,19,29-30,34H,17-18,20-21H2,1-5H3. The number of benzene rings is 3. The van der Waals surface area contributed by atoms with Crippen LogP contribution in [0.5, 0.6) is 5.75 Å². The summed E-state index contributed by atoms with van der Waals surface area (Å²) in [5.74, 6) is 0.171. The molecule has 1 heterocycles. The van der Waals surface area contributed by atoms with E-state index in [-0.39, 0.29) is 17.2 Å². The SMILES string of the molecule is CC(C)(C)CC(=O)OC1C(OCCc2ccccc2)c2cc(NCc3ccc(F)cc3)ccc2OC1(C)C. The molecule has 0 amide bonds. The predicted octanol–water partition coefficient (Wildman–Crippen LogP) is 7.26. The molecule has 0 saturated heterocycles. The fraction of sp³-hybridized carbons (Fsp3) is 0.406. The average Bonchev–Trinajstić information content (AvgIpc) is 2.85. The molecule has 0 saturated carbocycles. The van der Waals surface area contributed by atoms with Gasteiger partial charge in [-0.2, -0.15) is 0 Å². The smallest absolute Gasteiger partial charge is 0.306 e. The first kappa shape index (κ1) is 27.6. The van der Waals surface area contributed by atoms with E-state index in [0.717, 1.165) is 23.2 Å². The number of ether oxygens (including phenoxy) is 3. The number of carbonyl (C=O) groups excluding carboxylic acids is 1. The molecule has 1 N–H and O–H groups in total. The molecule has 0 aromatic heterocycles. The van der Waals surface area contributed by atoms with E-state index in [0.29, 0.717) is 25.3 Å². The zero-order valence-corrected chi connectivity index (χ0v) is 22.9. The van der Waals surface area contributed by atoms with Crippen molar-refractivity contribution in [2.45, 2.75) is 71.8 Å². The molecule has 0 spiro atoms. The van der Waals surface area contributed by atoms with Crippen LogP contribution in [-0.4, -0.2) is 24.3 Å². The molecule has 1 aliphatic heterocycles. The third-order valence-electron chi connectivity index (χ3n) is 6.52. The minimum absolute atomic E-state index is 0.199. The molecule has 6 heteroatoms. The zero-order chi connectivity index (χ0) is 27.3. The number of carbonyl (C=O) groups is 1. The van der Waals surface area contributed by atoms with Crippen LogP contribution in [0.3, 0.4) is 0 Å². The second kappa shape index (κ2) is 11.6. The Hall–Kier alpha value is -3.38. The van der Waals surface area contributed by atoms with Crippen LogP contribution in [0, 0.1) is 11.2 Å². The van der Waals surface area contributed by atoms with Crippen molar-refractivity contribution in [3.63, 3.8) is 0 Å². The van der Waals surface area contributed by atoms with Crippen molar-refractivity contribution in [3.05, 3.63) is 95.3 Å². The van der Waals surface area contributed by atoms with E-state index >= 15 is 0 Å². The van der Waals surface area contributed by atoms with Gasteiger partial charge < -0.3 is 19.5 Å². The van der Waals surface area contributed by atoms with Crippen molar-refractivity contribution in [3.8, 4) is 5.75 Å². The van der Waals surface area contributed by atoms with Crippen LogP contribution < -0.4 is 10.1 Å². The molecule has 0 aliphatic carbocycles. The average molecular weight is 520 g/mol. The Kier molecular flexibility index (Phi) is 8.41. The van der Waals surface area contributed by atoms with Crippen molar-refractivity contribution >= 4 is 11.7 Å². The quantitative estimate of drug-likeness (QED) is 0.302. The van der Waals surface area contributed by atoms with Crippen molar-refractivity contribution in [2.24, 2.45) is 5.41 Å². The van der Waals surface area contributed by atoms with Gasteiger partial charge in [0.1, 0.15) is 23.3 Å². The molecule has 5 nitrogen and oxygen atoms in total. The Bertz CT molecular complexity index is 1220. The number of hydrogen-bond donors (Lipinski definition) is 1. The van der Waals surface area contributed by atoms with E-state index in [9.17, 15) is 9.18 Å². The molecule has 0 bridgehead atoms. The second-order valence-corrected chi connectivity index (χ2v) is 11.6. The highest BCUT2D eigenvalue weighted by atomic mass is 19.1. The molecular weight excluding hydrogens is 481 g/mol. The lowest BCUT2D eigenvalue weighted by Crippen LogP contribution is -2.52. The van der Waals surface area contributed by atoms with Gasteiger partial charge in [0, 0.05) is 17.8 Å². The highest BCUT2D eigenvalue weighted by Gasteiger charge is 2.47. The molecule has 2 atom stereocenters. The minimum Gasteiger partial charge on any atom is -0.483 e. The molecule has 1 aliphatic rings. The van der Waals surface area contributed by atoms with Gasteiger partial charge in [-0.15, -0.1) is 0 Å². The highest BCUT2D eigenvalue weighted by Crippen LogP contribution is 2.44. The number of hydrogen-bond acceptors (Lipinski definition) is 5. The summed E-state index contributed by atoms with van der Waals surface area (Å²) >= 11 is 0. The summed E-state index contributed by atoms with van der Waals surface area (Å²) in [6, 6.07) is 22.4. The van der Waals surface area contributed by atoms with Gasteiger partial charge in [0.15, 0.2) is 6.10 Å². The maximum Gasteiger partial charge on any atom is 0.306 e. The van der Waals surface area contributed by atoms with Crippen molar-refractivity contribution in [1.29, 1.82) is 0 Å². The Morgan fingerprint density at radius 1 is 1.00 bits per heavy atom. The van der Waals surface area contributed by atoms with Gasteiger partial charge in [0.05, 0.1) is 13.0 Å². The lowest BCUT2D eigenvalue weighted by molar-refractivity contribution is -0.186. The Labute approximate surface area is 225 Å². The number of esters is 1. The Morgan fingerprint density at radius 2 is 1.71 bits per heavy atom. The summed E-state index contributed by atoms with van der Waals surface area (Å²) in [5, 5.41) is 3.40. The van der Waals surface area contributed by atoms with Gasteiger partial charge in [-0.25, -0.2) is 4.39 Å². The van der Waals surface area contributed by atoms with Crippen LogP contribution >= 0.6 is 0 Å². The third-order valence-corrected chi connectivity index (χ3v) is 6.52. The third kappa shape index (κ3) is 7.35. The zero-order valence-electron chi connectivity index (χ0n) is 22.9. The van der Waals surface area contributed by atoms with E-state index < -0.39 is 17.8 Å². The van der Waals surface area contributed by atoms with Crippen LogP contribution in [0.1, 0.15) is 63.8 Å². The molecule has 0 fully saturated rings.